The molecule has 0 bridgehead atoms. The molecular weight excluding hydrogens is 318 g/mol. The van der Waals surface area contributed by atoms with E-state index in [-0.39, 0.29) is 0 Å². The van der Waals surface area contributed by atoms with E-state index in [1.54, 1.807) is 7.11 Å². The molecular formula is C24H31NO. The van der Waals surface area contributed by atoms with Crippen LogP contribution in [0.3, 0.4) is 0 Å². The third-order valence-corrected chi connectivity index (χ3v) is 5.48. The van der Waals surface area contributed by atoms with Crippen molar-refractivity contribution in [1.82, 2.24) is 4.98 Å². The van der Waals surface area contributed by atoms with Gasteiger partial charge in [-0.3, -0.25) is 4.98 Å². The molecule has 1 aliphatic carbocycles. The molecule has 2 nitrogen and oxygen atoms in total. The summed E-state index contributed by atoms with van der Waals surface area (Å²) in [4.78, 5) is 4.64. The van der Waals surface area contributed by atoms with Crippen molar-refractivity contribution >= 4 is 0 Å². The maximum atomic E-state index is 5.10. The van der Waals surface area contributed by atoms with Crippen LogP contribution in [0.15, 0.2) is 54.7 Å². The van der Waals surface area contributed by atoms with E-state index in [9.17, 15) is 0 Å². The van der Waals surface area contributed by atoms with Crippen LogP contribution in [0.4, 0.5) is 0 Å². The van der Waals surface area contributed by atoms with E-state index in [1.807, 2.05) is 6.20 Å². The number of allylic oxidation sites excluding steroid dienone is 1. The summed E-state index contributed by atoms with van der Waals surface area (Å²) in [5.41, 5.74) is 5.09. The third kappa shape index (κ3) is 5.04. The van der Waals surface area contributed by atoms with E-state index in [0.717, 1.165) is 24.6 Å². The Morgan fingerprint density at radius 3 is 2.42 bits per heavy atom. The van der Waals surface area contributed by atoms with Gasteiger partial charge < -0.3 is 4.74 Å². The zero-order valence-corrected chi connectivity index (χ0v) is 16.2. The molecule has 0 atom stereocenters. The lowest BCUT2D eigenvalue weighted by Gasteiger charge is -2.27. The Bertz CT molecular complexity index is 679. The molecule has 0 amide bonds. The minimum Gasteiger partial charge on any atom is -0.381 e. The normalized spacial score (nSPS) is 20.5. The van der Waals surface area contributed by atoms with Crippen molar-refractivity contribution in [2.24, 2.45) is 5.92 Å². The molecule has 0 saturated heterocycles. The molecule has 1 aliphatic rings. The standard InChI is InChI=1S/C24H31NO/c1-3-5-20-9-16-24(25-18-20)23-14-12-22(13-15-23)21-10-7-19(8-11-21)6-4-17-26-2/h4,6,9,12-16,18-19,21H,3,5,7-8,10-11,17H2,1-2H3. The summed E-state index contributed by atoms with van der Waals surface area (Å²) in [5.74, 6) is 1.43. The van der Waals surface area contributed by atoms with E-state index in [2.05, 4.69) is 60.5 Å². The van der Waals surface area contributed by atoms with E-state index >= 15 is 0 Å². The molecule has 0 radical (unpaired) electrons. The zero-order chi connectivity index (χ0) is 18.2. The fourth-order valence-corrected chi connectivity index (χ4v) is 3.95. The third-order valence-electron chi connectivity index (χ3n) is 5.48. The average Bonchev–Trinajstić information content (AvgIpc) is 2.70. The zero-order valence-electron chi connectivity index (χ0n) is 16.2. The SMILES string of the molecule is CCCc1ccc(-c2ccc(C3CCC(C=CCOC)CC3)cc2)nc1. The molecule has 1 saturated carbocycles. The summed E-state index contributed by atoms with van der Waals surface area (Å²) >= 11 is 0. The summed E-state index contributed by atoms with van der Waals surface area (Å²) in [5, 5.41) is 0. The Hall–Kier alpha value is -1.93. The number of methoxy groups -OCH3 is 1. The Morgan fingerprint density at radius 1 is 1.04 bits per heavy atom. The number of rotatable bonds is 7. The molecule has 2 heteroatoms. The topological polar surface area (TPSA) is 22.1 Å². The number of aryl methyl sites for hydroxylation is 1. The first-order chi connectivity index (χ1) is 12.8. The van der Waals surface area contributed by atoms with Gasteiger partial charge in [0.25, 0.3) is 0 Å². The van der Waals surface area contributed by atoms with E-state index in [4.69, 9.17) is 4.74 Å². The lowest BCUT2D eigenvalue weighted by molar-refractivity contribution is 0.233. The van der Waals surface area contributed by atoms with Gasteiger partial charge in [-0.05, 0) is 61.1 Å². The largest absolute Gasteiger partial charge is 0.381 e. The summed E-state index contributed by atoms with van der Waals surface area (Å²) in [7, 11) is 1.75. The number of aromatic nitrogens is 1. The second-order valence-corrected chi connectivity index (χ2v) is 7.42. The number of ether oxygens (including phenoxy) is 1. The van der Waals surface area contributed by atoms with Crippen molar-refractivity contribution in [1.29, 1.82) is 0 Å². The Balaban J connectivity index is 1.58. The molecule has 0 aliphatic heterocycles. The van der Waals surface area contributed by atoms with Gasteiger partial charge in [0.15, 0.2) is 0 Å². The van der Waals surface area contributed by atoms with Gasteiger partial charge in [-0.1, -0.05) is 55.8 Å². The molecule has 2 aromatic rings. The first-order valence-corrected chi connectivity index (χ1v) is 10.0. The van der Waals surface area contributed by atoms with Gasteiger partial charge in [-0.15, -0.1) is 0 Å². The van der Waals surface area contributed by atoms with Crippen LogP contribution in [0.5, 0.6) is 0 Å². The summed E-state index contributed by atoms with van der Waals surface area (Å²) in [6, 6.07) is 13.4. The Labute approximate surface area is 158 Å². The molecule has 0 spiro atoms. The van der Waals surface area contributed by atoms with Crippen molar-refractivity contribution in [3.05, 3.63) is 65.9 Å². The van der Waals surface area contributed by atoms with Crippen LogP contribution in [-0.4, -0.2) is 18.7 Å². The predicted molar refractivity (Wildman–Crippen MR) is 109 cm³/mol. The van der Waals surface area contributed by atoms with Gasteiger partial charge in [-0.2, -0.15) is 0 Å². The lowest BCUT2D eigenvalue weighted by Crippen LogP contribution is -2.11. The molecule has 0 N–H and O–H groups in total. The van der Waals surface area contributed by atoms with Crippen LogP contribution >= 0.6 is 0 Å². The van der Waals surface area contributed by atoms with Crippen molar-refractivity contribution in [3.8, 4) is 11.3 Å². The summed E-state index contributed by atoms with van der Waals surface area (Å²) in [6.45, 7) is 2.94. The molecule has 1 aromatic heterocycles. The quantitative estimate of drug-likeness (QED) is 0.557. The minimum absolute atomic E-state index is 0.705. The van der Waals surface area contributed by atoms with Crippen molar-refractivity contribution in [2.45, 2.75) is 51.4 Å². The number of benzene rings is 1. The van der Waals surface area contributed by atoms with E-state index in [0.29, 0.717) is 5.92 Å². The first kappa shape index (κ1) is 18.8. The van der Waals surface area contributed by atoms with Crippen molar-refractivity contribution in [2.75, 3.05) is 13.7 Å². The van der Waals surface area contributed by atoms with Crippen molar-refractivity contribution < 1.29 is 4.74 Å². The maximum absolute atomic E-state index is 5.10. The second kappa shape index (κ2) is 9.68. The summed E-state index contributed by atoms with van der Waals surface area (Å²) < 4.78 is 5.10. The molecule has 1 aromatic carbocycles. The highest BCUT2D eigenvalue weighted by molar-refractivity contribution is 5.59. The molecule has 26 heavy (non-hydrogen) atoms. The lowest BCUT2D eigenvalue weighted by atomic mass is 9.78. The first-order valence-electron chi connectivity index (χ1n) is 10.0. The highest BCUT2D eigenvalue weighted by Gasteiger charge is 2.20. The van der Waals surface area contributed by atoms with Gasteiger partial charge in [0, 0.05) is 18.9 Å². The molecule has 3 rings (SSSR count). The number of nitrogens with zero attached hydrogens (tertiary/aromatic N) is 1. The predicted octanol–water partition coefficient (Wildman–Crippen LogP) is 6.18. The second-order valence-electron chi connectivity index (χ2n) is 7.42. The van der Waals surface area contributed by atoms with Crippen LogP contribution < -0.4 is 0 Å². The van der Waals surface area contributed by atoms with E-state index < -0.39 is 0 Å². The van der Waals surface area contributed by atoms with Crippen LogP contribution in [0, 0.1) is 5.92 Å². The Morgan fingerprint density at radius 2 is 1.81 bits per heavy atom. The smallest absolute Gasteiger partial charge is 0.0702 e. The van der Waals surface area contributed by atoms with Gasteiger partial charge in [0.2, 0.25) is 0 Å². The number of hydrogen-bond acceptors (Lipinski definition) is 2. The fourth-order valence-electron chi connectivity index (χ4n) is 3.95. The summed E-state index contributed by atoms with van der Waals surface area (Å²) in [6.07, 6.45) is 13.9. The van der Waals surface area contributed by atoms with E-state index in [1.165, 1.54) is 48.8 Å². The van der Waals surface area contributed by atoms with Crippen LogP contribution in [-0.2, 0) is 11.2 Å². The monoisotopic (exact) mass is 349 g/mol. The number of pyridine rings is 1. The maximum Gasteiger partial charge on any atom is 0.0702 e. The highest BCUT2D eigenvalue weighted by atomic mass is 16.5. The fraction of sp³-hybridized carbons (Fsp3) is 0.458. The molecule has 138 valence electrons. The van der Waals surface area contributed by atoms with Crippen LogP contribution in [0.25, 0.3) is 11.3 Å². The molecule has 1 fully saturated rings. The van der Waals surface area contributed by atoms with Gasteiger partial charge >= 0.3 is 0 Å². The van der Waals surface area contributed by atoms with Crippen molar-refractivity contribution in [3.63, 3.8) is 0 Å². The van der Waals surface area contributed by atoms with Gasteiger partial charge in [0.05, 0.1) is 12.3 Å². The minimum atomic E-state index is 0.705. The van der Waals surface area contributed by atoms with Crippen LogP contribution in [0.2, 0.25) is 0 Å². The van der Waals surface area contributed by atoms with Crippen LogP contribution in [0.1, 0.15) is 56.1 Å². The van der Waals surface area contributed by atoms with Gasteiger partial charge in [0.1, 0.15) is 0 Å². The molecule has 0 unspecified atom stereocenters. The highest BCUT2D eigenvalue weighted by Crippen LogP contribution is 2.36. The van der Waals surface area contributed by atoms with Gasteiger partial charge in [-0.25, -0.2) is 0 Å². The Kier molecular flexibility index (Phi) is 7.02. The number of hydrogen-bond donors (Lipinski definition) is 0. The average molecular weight is 350 g/mol. The molecule has 1 heterocycles.